The first-order chi connectivity index (χ1) is 8.54. The maximum absolute atomic E-state index is 5.80. The number of nitrogens with zero attached hydrogens (tertiary/aromatic N) is 1. The Kier molecular flexibility index (Phi) is 4.83. The lowest BCUT2D eigenvalue weighted by atomic mass is 9.90. The monoisotopic (exact) mass is 331 g/mol. The first kappa shape index (κ1) is 14.5. The van der Waals surface area contributed by atoms with Crippen molar-refractivity contribution in [3.05, 3.63) is 20.8 Å². The Morgan fingerprint density at radius 2 is 2.11 bits per heavy atom. The molecule has 2 rings (SSSR count). The second-order valence-electron chi connectivity index (χ2n) is 5.48. The quantitative estimate of drug-likeness (QED) is 0.644. The van der Waals surface area contributed by atoms with Crippen LogP contribution < -0.4 is 11.3 Å². The summed E-state index contributed by atoms with van der Waals surface area (Å²) in [5, 5.41) is 0. The number of thiophene rings is 1. The second kappa shape index (κ2) is 6.01. The zero-order chi connectivity index (χ0) is 13.2. The fraction of sp³-hybridized carbons (Fsp3) is 0.692. The van der Waals surface area contributed by atoms with Crippen molar-refractivity contribution in [2.24, 2.45) is 5.84 Å². The van der Waals surface area contributed by atoms with E-state index in [0.29, 0.717) is 0 Å². The Morgan fingerprint density at radius 3 is 2.61 bits per heavy atom. The number of hydrogen-bond donors (Lipinski definition) is 2. The molecule has 1 saturated heterocycles. The van der Waals surface area contributed by atoms with Gasteiger partial charge in [-0.15, -0.1) is 11.3 Å². The lowest BCUT2D eigenvalue weighted by Crippen LogP contribution is -2.59. The van der Waals surface area contributed by atoms with Crippen LogP contribution in [0.1, 0.15) is 31.6 Å². The lowest BCUT2D eigenvalue weighted by Gasteiger charge is -2.41. The minimum absolute atomic E-state index is 0.0989. The van der Waals surface area contributed by atoms with Crippen LogP contribution in [0.25, 0.3) is 0 Å². The molecular formula is C13H22BrN3S. The average molecular weight is 332 g/mol. The minimum Gasteiger partial charge on any atom is -0.297 e. The van der Waals surface area contributed by atoms with Gasteiger partial charge in [0, 0.05) is 22.9 Å². The fourth-order valence-corrected chi connectivity index (χ4v) is 4.22. The number of nitrogens with two attached hydrogens (primary N) is 1. The molecule has 1 atom stereocenters. The largest absolute Gasteiger partial charge is 0.297 e. The van der Waals surface area contributed by atoms with Crippen molar-refractivity contribution >= 4 is 27.3 Å². The number of hydrogen-bond acceptors (Lipinski definition) is 4. The normalized spacial score (nSPS) is 19.3. The molecule has 1 aliphatic heterocycles. The van der Waals surface area contributed by atoms with E-state index < -0.39 is 0 Å². The van der Waals surface area contributed by atoms with Gasteiger partial charge in [0.1, 0.15) is 0 Å². The predicted octanol–water partition coefficient (Wildman–Crippen LogP) is 2.76. The molecule has 0 radical (unpaired) electrons. The van der Waals surface area contributed by atoms with Crippen LogP contribution >= 0.6 is 27.3 Å². The maximum Gasteiger partial charge on any atom is 0.0701 e. The standard InChI is InChI=1S/C13H22BrN3S/c1-13(2,17-7-3-4-8-17)11(16-15)9-10-5-6-12(14)18-10/h5-6,11,16H,3-4,7-9,15H2,1-2H3. The van der Waals surface area contributed by atoms with Crippen molar-refractivity contribution in [3.8, 4) is 0 Å². The predicted molar refractivity (Wildman–Crippen MR) is 81.7 cm³/mol. The van der Waals surface area contributed by atoms with Crippen molar-refractivity contribution in [3.63, 3.8) is 0 Å². The Balaban J connectivity index is 2.06. The highest BCUT2D eigenvalue weighted by molar-refractivity contribution is 9.11. The van der Waals surface area contributed by atoms with Crippen molar-refractivity contribution in [1.29, 1.82) is 0 Å². The molecule has 0 bridgehead atoms. The lowest BCUT2D eigenvalue weighted by molar-refractivity contribution is 0.107. The van der Waals surface area contributed by atoms with Gasteiger partial charge >= 0.3 is 0 Å². The number of hydrazine groups is 1. The van der Waals surface area contributed by atoms with E-state index in [-0.39, 0.29) is 11.6 Å². The van der Waals surface area contributed by atoms with Gasteiger partial charge in [0.05, 0.1) is 3.79 Å². The summed E-state index contributed by atoms with van der Waals surface area (Å²) in [5.74, 6) is 5.80. The summed E-state index contributed by atoms with van der Waals surface area (Å²) in [4.78, 5) is 3.93. The molecule has 0 aromatic carbocycles. The first-order valence-electron chi connectivity index (χ1n) is 6.49. The summed E-state index contributed by atoms with van der Waals surface area (Å²) >= 11 is 5.31. The zero-order valence-electron chi connectivity index (χ0n) is 11.1. The maximum atomic E-state index is 5.80. The Hall–Kier alpha value is 0.0600. The third-order valence-electron chi connectivity index (χ3n) is 4.01. The zero-order valence-corrected chi connectivity index (χ0v) is 13.5. The van der Waals surface area contributed by atoms with Crippen LogP contribution in [-0.2, 0) is 6.42 Å². The van der Waals surface area contributed by atoms with E-state index in [0.717, 1.165) is 6.42 Å². The van der Waals surface area contributed by atoms with Gasteiger partial charge in [-0.1, -0.05) is 0 Å². The van der Waals surface area contributed by atoms with Gasteiger partial charge in [-0.3, -0.25) is 16.2 Å². The van der Waals surface area contributed by atoms with E-state index in [2.05, 4.69) is 52.2 Å². The molecule has 3 nitrogen and oxygen atoms in total. The van der Waals surface area contributed by atoms with E-state index in [1.165, 1.54) is 34.6 Å². The number of halogens is 1. The third-order valence-corrected chi connectivity index (χ3v) is 5.66. The van der Waals surface area contributed by atoms with Crippen molar-refractivity contribution < 1.29 is 0 Å². The molecule has 102 valence electrons. The Labute approximate surface area is 122 Å². The molecule has 0 amide bonds. The highest BCUT2D eigenvalue weighted by atomic mass is 79.9. The number of likely N-dealkylation sites (tertiary alicyclic amines) is 1. The van der Waals surface area contributed by atoms with Gasteiger partial charge in [-0.05, 0) is 67.8 Å². The topological polar surface area (TPSA) is 41.3 Å². The van der Waals surface area contributed by atoms with Gasteiger partial charge < -0.3 is 0 Å². The molecule has 0 saturated carbocycles. The molecule has 5 heteroatoms. The van der Waals surface area contributed by atoms with Crippen LogP contribution in [0.15, 0.2) is 15.9 Å². The highest BCUT2D eigenvalue weighted by Crippen LogP contribution is 2.29. The van der Waals surface area contributed by atoms with Crippen molar-refractivity contribution in [2.75, 3.05) is 13.1 Å². The van der Waals surface area contributed by atoms with E-state index >= 15 is 0 Å². The fourth-order valence-electron chi connectivity index (χ4n) is 2.69. The molecule has 2 heterocycles. The van der Waals surface area contributed by atoms with Gasteiger partial charge in [0.15, 0.2) is 0 Å². The number of nitrogens with one attached hydrogen (secondary N) is 1. The van der Waals surface area contributed by atoms with Gasteiger partial charge in [0.2, 0.25) is 0 Å². The van der Waals surface area contributed by atoms with E-state index in [9.17, 15) is 0 Å². The van der Waals surface area contributed by atoms with Gasteiger partial charge in [0.25, 0.3) is 0 Å². The molecule has 0 spiro atoms. The Bertz CT molecular complexity index is 385. The molecule has 1 fully saturated rings. The summed E-state index contributed by atoms with van der Waals surface area (Å²) in [6.07, 6.45) is 3.60. The van der Waals surface area contributed by atoms with Crippen LogP contribution in [-0.4, -0.2) is 29.6 Å². The molecule has 3 N–H and O–H groups in total. The van der Waals surface area contributed by atoms with Crippen LogP contribution in [0.2, 0.25) is 0 Å². The molecule has 18 heavy (non-hydrogen) atoms. The van der Waals surface area contributed by atoms with Crippen LogP contribution in [0.4, 0.5) is 0 Å². The molecular weight excluding hydrogens is 310 g/mol. The van der Waals surface area contributed by atoms with E-state index in [1.54, 1.807) is 11.3 Å². The van der Waals surface area contributed by atoms with E-state index in [4.69, 9.17) is 5.84 Å². The molecule has 1 unspecified atom stereocenters. The van der Waals surface area contributed by atoms with Crippen molar-refractivity contribution in [1.82, 2.24) is 10.3 Å². The summed E-state index contributed by atoms with van der Waals surface area (Å²) in [5.41, 5.74) is 3.13. The summed E-state index contributed by atoms with van der Waals surface area (Å²) in [6, 6.07) is 4.57. The van der Waals surface area contributed by atoms with Crippen LogP contribution in [0.3, 0.4) is 0 Å². The summed E-state index contributed by atoms with van der Waals surface area (Å²) in [6.45, 7) is 6.98. The number of rotatable bonds is 5. The molecule has 1 aromatic heterocycles. The van der Waals surface area contributed by atoms with Gasteiger partial charge in [-0.25, -0.2) is 0 Å². The van der Waals surface area contributed by atoms with Crippen molar-refractivity contribution in [2.45, 2.75) is 44.7 Å². The molecule has 0 aliphatic carbocycles. The summed E-state index contributed by atoms with van der Waals surface area (Å²) in [7, 11) is 0. The second-order valence-corrected chi connectivity index (χ2v) is 8.02. The highest BCUT2D eigenvalue weighted by Gasteiger charge is 2.36. The summed E-state index contributed by atoms with van der Waals surface area (Å²) < 4.78 is 1.19. The first-order valence-corrected chi connectivity index (χ1v) is 8.10. The van der Waals surface area contributed by atoms with Gasteiger partial charge in [-0.2, -0.15) is 0 Å². The third kappa shape index (κ3) is 3.14. The van der Waals surface area contributed by atoms with Crippen LogP contribution in [0.5, 0.6) is 0 Å². The smallest absolute Gasteiger partial charge is 0.0701 e. The SMILES string of the molecule is CC(C)(C(Cc1ccc(Br)s1)NN)N1CCCC1. The molecule has 1 aromatic rings. The minimum atomic E-state index is 0.0989. The van der Waals surface area contributed by atoms with Crippen LogP contribution in [0, 0.1) is 0 Å². The Morgan fingerprint density at radius 1 is 1.44 bits per heavy atom. The molecule has 1 aliphatic rings. The average Bonchev–Trinajstić information content (AvgIpc) is 2.96. The van der Waals surface area contributed by atoms with E-state index in [1.807, 2.05) is 0 Å².